The van der Waals surface area contributed by atoms with Crippen molar-refractivity contribution in [2.45, 2.75) is 58.2 Å². The van der Waals surface area contributed by atoms with Crippen molar-refractivity contribution < 1.29 is 9.53 Å². The normalized spacial score (nSPS) is 20.8. The lowest BCUT2D eigenvalue weighted by Crippen LogP contribution is -2.49. The number of thiophene rings is 1. The molecule has 0 saturated carbocycles. The lowest BCUT2D eigenvalue weighted by atomic mass is 10.0. The lowest BCUT2D eigenvalue weighted by molar-refractivity contribution is 0.0184. The second-order valence-corrected chi connectivity index (χ2v) is 8.38. The summed E-state index contributed by atoms with van der Waals surface area (Å²) in [4.78, 5) is 14.0. The van der Waals surface area contributed by atoms with Crippen LogP contribution in [0.25, 0.3) is 0 Å². The monoisotopic (exact) mass is 344 g/mol. The second-order valence-electron chi connectivity index (χ2n) is 6.84. The van der Waals surface area contributed by atoms with E-state index in [1.807, 2.05) is 26.8 Å². The van der Waals surface area contributed by atoms with Gasteiger partial charge in [-0.2, -0.15) is 0 Å². The number of amides is 1. The molecule has 0 radical (unpaired) electrons. The molecule has 2 atom stereocenters. The smallest absolute Gasteiger partial charge is 0.410 e. The van der Waals surface area contributed by atoms with Gasteiger partial charge in [0.15, 0.2) is 0 Å². The molecule has 1 aromatic heterocycles. The zero-order valence-electron chi connectivity index (χ0n) is 13.7. The molecular weight excluding hydrogens is 320 g/mol. The average Bonchev–Trinajstić information content (AvgIpc) is 2.84. The molecule has 1 aliphatic heterocycles. The van der Waals surface area contributed by atoms with Gasteiger partial charge >= 0.3 is 6.09 Å². The molecule has 1 saturated heterocycles. The molecule has 2 unspecified atom stereocenters. The molecule has 1 aliphatic rings. The Hall–Kier alpha value is -0.780. The number of halogens is 1. The van der Waals surface area contributed by atoms with Crippen LogP contribution in [0.4, 0.5) is 4.79 Å². The maximum absolute atomic E-state index is 12.2. The predicted octanol–water partition coefficient (Wildman–Crippen LogP) is 4.45. The van der Waals surface area contributed by atoms with E-state index < -0.39 is 5.60 Å². The first-order valence-corrected chi connectivity index (χ1v) is 8.98. The van der Waals surface area contributed by atoms with Crippen molar-refractivity contribution in [3.63, 3.8) is 0 Å². The number of carbonyl (C=O) groups is 1. The van der Waals surface area contributed by atoms with Crippen molar-refractivity contribution in [2.75, 3.05) is 13.1 Å². The fourth-order valence-electron chi connectivity index (χ4n) is 2.61. The van der Waals surface area contributed by atoms with E-state index in [1.54, 1.807) is 16.2 Å². The first-order chi connectivity index (χ1) is 10.2. The molecule has 1 amide bonds. The molecule has 1 N–H and O–H groups in total. The minimum absolute atomic E-state index is 0.217. The highest BCUT2D eigenvalue weighted by atomic mass is 35.5. The lowest BCUT2D eigenvalue weighted by Gasteiger charge is -2.35. The number of ether oxygens (including phenoxy) is 1. The van der Waals surface area contributed by atoms with Crippen molar-refractivity contribution >= 4 is 29.0 Å². The summed E-state index contributed by atoms with van der Waals surface area (Å²) in [6.07, 6.45) is 1.85. The SMILES string of the molecule is CC(NC1CCCN(C(=O)OC(C)(C)C)C1)c1csc(Cl)c1. The fourth-order valence-corrected chi connectivity index (χ4v) is 3.59. The Labute approximate surface area is 141 Å². The quantitative estimate of drug-likeness (QED) is 0.880. The van der Waals surface area contributed by atoms with Crippen LogP contribution in [0.3, 0.4) is 0 Å². The highest BCUT2D eigenvalue weighted by Crippen LogP contribution is 2.26. The molecule has 0 aliphatic carbocycles. The van der Waals surface area contributed by atoms with Gasteiger partial charge in [0.2, 0.25) is 0 Å². The standard InChI is InChI=1S/C16H25ClN2O2S/c1-11(12-8-14(17)22-10-12)18-13-6-5-7-19(9-13)15(20)21-16(2,3)4/h8,10-11,13,18H,5-7,9H2,1-4H3. The van der Waals surface area contributed by atoms with Crippen LogP contribution in [-0.4, -0.2) is 35.7 Å². The number of nitrogens with one attached hydrogen (secondary N) is 1. The summed E-state index contributed by atoms with van der Waals surface area (Å²) in [6, 6.07) is 2.51. The maximum Gasteiger partial charge on any atom is 0.410 e. The average molecular weight is 345 g/mol. The van der Waals surface area contributed by atoms with Crippen LogP contribution in [0.15, 0.2) is 11.4 Å². The first kappa shape index (κ1) is 17.6. The van der Waals surface area contributed by atoms with E-state index in [4.69, 9.17) is 16.3 Å². The molecule has 22 heavy (non-hydrogen) atoms. The molecule has 124 valence electrons. The number of piperidine rings is 1. The van der Waals surface area contributed by atoms with Gasteiger partial charge in [0.25, 0.3) is 0 Å². The van der Waals surface area contributed by atoms with Crippen molar-refractivity contribution in [1.82, 2.24) is 10.2 Å². The van der Waals surface area contributed by atoms with Crippen LogP contribution in [0, 0.1) is 0 Å². The Morgan fingerprint density at radius 3 is 2.86 bits per heavy atom. The summed E-state index contributed by atoms with van der Waals surface area (Å²) in [6.45, 7) is 9.28. The van der Waals surface area contributed by atoms with E-state index in [1.165, 1.54) is 5.56 Å². The van der Waals surface area contributed by atoms with Crippen LogP contribution in [0.1, 0.15) is 52.1 Å². The largest absolute Gasteiger partial charge is 0.444 e. The summed E-state index contributed by atoms with van der Waals surface area (Å²) in [7, 11) is 0. The minimum Gasteiger partial charge on any atom is -0.444 e. The summed E-state index contributed by atoms with van der Waals surface area (Å²) in [5.74, 6) is 0. The van der Waals surface area contributed by atoms with E-state index in [2.05, 4.69) is 17.6 Å². The number of rotatable bonds is 3. The highest BCUT2D eigenvalue weighted by Gasteiger charge is 2.28. The number of nitrogens with zero attached hydrogens (tertiary/aromatic N) is 1. The molecule has 0 bridgehead atoms. The topological polar surface area (TPSA) is 41.6 Å². The van der Waals surface area contributed by atoms with Crippen LogP contribution in [0.5, 0.6) is 0 Å². The third-order valence-corrected chi connectivity index (χ3v) is 4.76. The van der Waals surface area contributed by atoms with Gasteiger partial charge in [-0.3, -0.25) is 0 Å². The maximum atomic E-state index is 12.2. The van der Waals surface area contributed by atoms with Gasteiger partial charge in [-0.1, -0.05) is 11.6 Å². The van der Waals surface area contributed by atoms with Gasteiger partial charge in [0, 0.05) is 25.2 Å². The zero-order valence-corrected chi connectivity index (χ0v) is 15.3. The molecule has 0 spiro atoms. The molecule has 2 heterocycles. The van der Waals surface area contributed by atoms with E-state index in [-0.39, 0.29) is 18.2 Å². The number of hydrogen-bond acceptors (Lipinski definition) is 4. The Kier molecular flexibility index (Phi) is 5.75. The van der Waals surface area contributed by atoms with E-state index in [0.29, 0.717) is 6.54 Å². The van der Waals surface area contributed by atoms with Crippen LogP contribution in [-0.2, 0) is 4.74 Å². The molecule has 4 nitrogen and oxygen atoms in total. The van der Waals surface area contributed by atoms with Gasteiger partial charge in [-0.25, -0.2) is 4.79 Å². The number of likely N-dealkylation sites (tertiary alicyclic amines) is 1. The van der Waals surface area contributed by atoms with Gasteiger partial charge in [-0.05, 0) is 57.5 Å². The predicted molar refractivity (Wildman–Crippen MR) is 91.7 cm³/mol. The first-order valence-electron chi connectivity index (χ1n) is 7.72. The fraction of sp³-hybridized carbons (Fsp3) is 0.688. The van der Waals surface area contributed by atoms with Gasteiger partial charge < -0.3 is 15.0 Å². The van der Waals surface area contributed by atoms with Crippen LogP contribution >= 0.6 is 22.9 Å². The zero-order chi connectivity index (χ0) is 16.3. The summed E-state index contributed by atoms with van der Waals surface area (Å²) >= 11 is 7.54. The van der Waals surface area contributed by atoms with Crippen molar-refractivity contribution in [3.05, 3.63) is 21.3 Å². The van der Waals surface area contributed by atoms with Crippen molar-refractivity contribution in [3.8, 4) is 0 Å². The van der Waals surface area contributed by atoms with E-state index >= 15 is 0 Å². The molecule has 0 aromatic carbocycles. The third-order valence-electron chi connectivity index (χ3n) is 3.65. The Morgan fingerprint density at radius 2 is 2.27 bits per heavy atom. The van der Waals surface area contributed by atoms with Crippen LogP contribution in [0.2, 0.25) is 4.34 Å². The van der Waals surface area contributed by atoms with Crippen LogP contribution < -0.4 is 5.32 Å². The molecule has 1 fully saturated rings. The molecule has 2 rings (SSSR count). The Morgan fingerprint density at radius 1 is 1.55 bits per heavy atom. The number of hydrogen-bond donors (Lipinski definition) is 1. The van der Waals surface area contributed by atoms with Gasteiger partial charge in [0.05, 0.1) is 4.34 Å². The highest BCUT2D eigenvalue weighted by molar-refractivity contribution is 7.14. The Bertz CT molecular complexity index is 512. The summed E-state index contributed by atoms with van der Waals surface area (Å²) in [5, 5.41) is 5.67. The van der Waals surface area contributed by atoms with Gasteiger partial charge in [0.1, 0.15) is 5.60 Å². The van der Waals surface area contributed by atoms with E-state index in [9.17, 15) is 4.79 Å². The molecule has 1 aromatic rings. The third kappa shape index (κ3) is 5.14. The summed E-state index contributed by atoms with van der Waals surface area (Å²) < 4.78 is 6.27. The second kappa shape index (κ2) is 7.20. The number of carbonyl (C=O) groups excluding carboxylic acids is 1. The minimum atomic E-state index is -0.446. The summed E-state index contributed by atoms with van der Waals surface area (Å²) in [5.41, 5.74) is 0.752. The molecule has 6 heteroatoms. The Balaban J connectivity index is 1.89. The van der Waals surface area contributed by atoms with E-state index in [0.717, 1.165) is 23.7 Å². The van der Waals surface area contributed by atoms with Crippen molar-refractivity contribution in [1.29, 1.82) is 0 Å². The van der Waals surface area contributed by atoms with Crippen molar-refractivity contribution in [2.24, 2.45) is 0 Å². The molecular formula is C16H25ClN2O2S. The van der Waals surface area contributed by atoms with Gasteiger partial charge in [-0.15, -0.1) is 11.3 Å².